The number of phenols is 1. The lowest BCUT2D eigenvalue weighted by atomic mass is 10.1. The summed E-state index contributed by atoms with van der Waals surface area (Å²) in [7, 11) is 1.63. The van der Waals surface area contributed by atoms with E-state index in [0.717, 1.165) is 11.3 Å². The van der Waals surface area contributed by atoms with Crippen LogP contribution in [0.25, 0.3) is 0 Å². The molecule has 2 aromatic rings. The highest BCUT2D eigenvalue weighted by Crippen LogP contribution is 2.14. The van der Waals surface area contributed by atoms with Gasteiger partial charge < -0.3 is 10.4 Å². The molecule has 0 spiro atoms. The zero-order valence-electron chi connectivity index (χ0n) is 11.7. The topological polar surface area (TPSA) is 92.9 Å². The molecule has 0 unspecified atom stereocenters. The van der Waals surface area contributed by atoms with Crippen molar-refractivity contribution in [2.45, 2.75) is 6.54 Å². The second-order valence-corrected chi connectivity index (χ2v) is 4.37. The van der Waals surface area contributed by atoms with E-state index >= 15 is 0 Å². The Bertz CT molecular complexity index is 637. The van der Waals surface area contributed by atoms with Crippen molar-refractivity contribution in [3.63, 3.8) is 0 Å². The molecule has 0 radical (unpaired) electrons. The van der Waals surface area contributed by atoms with E-state index in [0.29, 0.717) is 12.1 Å². The van der Waals surface area contributed by atoms with Gasteiger partial charge in [0.2, 0.25) is 0 Å². The molecule has 6 nitrogen and oxygen atoms in total. The van der Waals surface area contributed by atoms with Crippen LogP contribution in [0.2, 0.25) is 0 Å². The molecule has 0 aliphatic heterocycles. The van der Waals surface area contributed by atoms with Gasteiger partial charge in [-0.05, 0) is 29.8 Å². The standard InChI is InChI=1S/C15H17N5O/c1-17-20-19-15(16)12-3-2-4-13(9-12)18-10-11-5-7-14(21)8-6-11/h2-9,18,21H,10H2,1H3,(H2,16,17,19). The van der Waals surface area contributed by atoms with Gasteiger partial charge in [-0.25, -0.2) is 0 Å². The van der Waals surface area contributed by atoms with Gasteiger partial charge in [-0.3, -0.25) is 10.8 Å². The molecule has 0 aliphatic rings. The quantitative estimate of drug-likeness (QED) is 0.294. The molecule has 6 heteroatoms. The van der Waals surface area contributed by atoms with Gasteiger partial charge in [-0.1, -0.05) is 29.5 Å². The normalized spacial score (nSPS) is 10.5. The van der Waals surface area contributed by atoms with Crippen LogP contribution in [0.4, 0.5) is 5.69 Å². The van der Waals surface area contributed by atoms with Gasteiger partial charge >= 0.3 is 0 Å². The van der Waals surface area contributed by atoms with Crippen LogP contribution in [0.3, 0.4) is 0 Å². The largest absolute Gasteiger partial charge is 0.508 e. The fourth-order valence-electron chi connectivity index (χ4n) is 1.75. The first-order chi connectivity index (χ1) is 10.2. The fraction of sp³-hybridized carbons (Fsp3) is 0.133. The second kappa shape index (κ2) is 7.04. The summed E-state index contributed by atoms with van der Waals surface area (Å²) in [5.41, 5.74) is 5.15. The van der Waals surface area contributed by atoms with E-state index < -0.39 is 0 Å². The van der Waals surface area contributed by atoms with Crippen LogP contribution in [0, 0.1) is 5.41 Å². The predicted molar refractivity (Wildman–Crippen MR) is 82.6 cm³/mol. The zero-order chi connectivity index (χ0) is 15.1. The molecule has 0 atom stereocenters. The average molecular weight is 283 g/mol. The molecule has 0 aliphatic carbocycles. The highest BCUT2D eigenvalue weighted by Gasteiger charge is 2.01. The maximum absolute atomic E-state index is 9.24. The van der Waals surface area contributed by atoms with Crippen molar-refractivity contribution in [3.05, 3.63) is 59.7 Å². The van der Waals surface area contributed by atoms with Crippen molar-refractivity contribution < 1.29 is 5.11 Å². The van der Waals surface area contributed by atoms with Crippen molar-refractivity contribution in [3.8, 4) is 5.75 Å². The number of phenolic OH excluding ortho intramolecular Hbond substituents is 1. The smallest absolute Gasteiger partial charge is 0.176 e. The Labute approximate surface area is 123 Å². The number of aromatic hydroxyl groups is 1. The number of rotatable bonds is 5. The van der Waals surface area contributed by atoms with Crippen molar-refractivity contribution in [1.29, 1.82) is 5.41 Å². The Hall–Kier alpha value is -2.89. The molecular formula is C15H17N5O. The molecule has 0 amide bonds. The molecule has 0 saturated carbocycles. The molecule has 0 fully saturated rings. The Kier molecular flexibility index (Phi) is 4.87. The Morgan fingerprint density at radius 3 is 2.67 bits per heavy atom. The number of hydrogen-bond acceptors (Lipinski definition) is 4. The van der Waals surface area contributed by atoms with Crippen molar-refractivity contribution in [2.24, 2.45) is 10.3 Å². The molecule has 4 N–H and O–H groups in total. The van der Waals surface area contributed by atoms with E-state index in [1.807, 2.05) is 36.4 Å². The third kappa shape index (κ3) is 4.31. The first kappa shape index (κ1) is 14.5. The summed E-state index contributed by atoms with van der Waals surface area (Å²) >= 11 is 0. The molecule has 108 valence electrons. The lowest BCUT2D eigenvalue weighted by Crippen LogP contribution is -2.02. The summed E-state index contributed by atoms with van der Waals surface area (Å²) in [5.74, 6) is 0.349. The van der Waals surface area contributed by atoms with Crippen LogP contribution in [-0.4, -0.2) is 18.0 Å². The van der Waals surface area contributed by atoms with E-state index in [4.69, 9.17) is 5.41 Å². The monoisotopic (exact) mass is 283 g/mol. The van der Waals surface area contributed by atoms with Crippen LogP contribution in [0.5, 0.6) is 5.75 Å². The minimum Gasteiger partial charge on any atom is -0.508 e. The number of benzene rings is 2. The molecule has 0 saturated heterocycles. The summed E-state index contributed by atoms with van der Waals surface area (Å²) in [5, 5.41) is 27.6. The van der Waals surface area contributed by atoms with Crippen LogP contribution in [-0.2, 0) is 6.54 Å². The van der Waals surface area contributed by atoms with Gasteiger partial charge in [-0.2, -0.15) is 0 Å². The van der Waals surface area contributed by atoms with Crippen LogP contribution in [0.15, 0.2) is 58.9 Å². The van der Waals surface area contributed by atoms with Gasteiger partial charge in [0.1, 0.15) is 5.75 Å². The third-order valence-electron chi connectivity index (χ3n) is 2.82. The van der Waals surface area contributed by atoms with E-state index in [-0.39, 0.29) is 11.6 Å². The Morgan fingerprint density at radius 1 is 1.19 bits per heavy atom. The molecule has 2 aromatic carbocycles. The molecule has 0 heterocycles. The van der Waals surface area contributed by atoms with E-state index in [2.05, 4.69) is 21.1 Å². The SMILES string of the molecule is CN/N=N\C(=N)c1cccc(NCc2ccc(O)cc2)c1. The first-order valence-electron chi connectivity index (χ1n) is 6.47. The van der Waals surface area contributed by atoms with Crippen molar-refractivity contribution in [2.75, 3.05) is 12.4 Å². The van der Waals surface area contributed by atoms with E-state index in [1.54, 1.807) is 19.2 Å². The van der Waals surface area contributed by atoms with Gasteiger partial charge in [0.15, 0.2) is 5.84 Å². The number of nitrogens with one attached hydrogen (secondary N) is 3. The zero-order valence-corrected chi connectivity index (χ0v) is 11.7. The molecule has 21 heavy (non-hydrogen) atoms. The highest BCUT2D eigenvalue weighted by atomic mass is 16.3. The third-order valence-corrected chi connectivity index (χ3v) is 2.82. The molecule has 0 aromatic heterocycles. The van der Waals surface area contributed by atoms with E-state index in [9.17, 15) is 5.11 Å². The number of anilines is 1. The van der Waals surface area contributed by atoms with Crippen LogP contribution < -0.4 is 10.7 Å². The van der Waals surface area contributed by atoms with Gasteiger partial charge in [-0.15, -0.1) is 5.11 Å². The maximum Gasteiger partial charge on any atom is 0.176 e. The maximum atomic E-state index is 9.24. The van der Waals surface area contributed by atoms with Crippen LogP contribution in [0.1, 0.15) is 11.1 Å². The molecule has 0 bridgehead atoms. The molecule has 2 rings (SSSR count). The average Bonchev–Trinajstić information content (AvgIpc) is 2.52. The van der Waals surface area contributed by atoms with Crippen LogP contribution >= 0.6 is 0 Å². The summed E-state index contributed by atoms with van der Waals surface area (Å²) in [6.45, 7) is 0.634. The Balaban J connectivity index is 2.02. The van der Waals surface area contributed by atoms with E-state index in [1.165, 1.54) is 0 Å². The number of hydrogen-bond donors (Lipinski definition) is 4. The van der Waals surface area contributed by atoms with Gasteiger partial charge in [0, 0.05) is 24.8 Å². The summed E-state index contributed by atoms with van der Waals surface area (Å²) in [6.07, 6.45) is 0. The van der Waals surface area contributed by atoms with Gasteiger partial charge in [0.05, 0.1) is 0 Å². The van der Waals surface area contributed by atoms with Crippen molar-refractivity contribution >= 4 is 11.5 Å². The lowest BCUT2D eigenvalue weighted by molar-refractivity contribution is 0.475. The summed E-state index contributed by atoms with van der Waals surface area (Å²) in [6, 6.07) is 14.5. The number of nitrogens with zero attached hydrogens (tertiary/aromatic N) is 2. The predicted octanol–water partition coefficient (Wildman–Crippen LogP) is 2.92. The second-order valence-electron chi connectivity index (χ2n) is 4.37. The summed E-state index contributed by atoms with van der Waals surface area (Å²) < 4.78 is 0. The summed E-state index contributed by atoms with van der Waals surface area (Å²) in [4.78, 5) is 0. The minimum absolute atomic E-state index is 0.0950. The first-order valence-corrected chi connectivity index (χ1v) is 6.47. The minimum atomic E-state index is 0.0950. The van der Waals surface area contributed by atoms with Gasteiger partial charge in [0.25, 0.3) is 0 Å². The lowest BCUT2D eigenvalue weighted by Gasteiger charge is -2.08. The number of amidine groups is 1. The highest BCUT2D eigenvalue weighted by molar-refractivity contribution is 5.97. The fourth-order valence-corrected chi connectivity index (χ4v) is 1.75. The molecular weight excluding hydrogens is 266 g/mol. The van der Waals surface area contributed by atoms with Crippen molar-refractivity contribution in [1.82, 2.24) is 5.43 Å². The Morgan fingerprint density at radius 2 is 1.95 bits per heavy atom.